The third kappa shape index (κ3) is 2.75. The smallest absolute Gasteiger partial charge is 0.256 e. The summed E-state index contributed by atoms with van der Waals surface area (Å²) in [5, 5.41) is 0. The molecule has 0 bridgehead atoms. The molecule has 5 rings (SSSR count). The summed E-state index contributed by atoms with van der Waals surface area (Å²) in [4.78, 5) is 27.3. The lowest BCUT2D eigenvalue weighted by Gasteiger charge is -2.23. The van der Waals surface area contributed by atoms with Gasteiger partial charge in [0, 0.05) is 31.3 Å². The molecule has 1 aromatic carbocycles. The van der Waals surface area contributed by atoms with Crippen LogP contribution in [0.25, 0.3) is 11.1 Å². The zero-order valence-corrected chi connectivity index (χ0v) is 14.9. The predicted octanol–water partition coefficient (Wildman–Crippen LogP) is 3.88. The summed E-state index contributed by atoms with van der Waals surface area (Å²) in [6.07, 6.45) is 9.89. The molecule has 28 heavy (non-hydrogen) atoms. The minimum Gasteiger partial charge on any atom is -0.446 e. The molecule has 0 saturated heterocycles. The van der Waals surface area contributed by atoms with Gasteiger partial charge in [0.25, 0.3) is 5.91 Å². The zero-order chi connectivity index (χ0) is 18.9. The van der Waals surface area contributed by atoms with Crippen LogP contribution in [0.1, 0.15) is 33.3 Å². The number of rotatable bonds is 3. The zero-order valence-electron chi connectivity index (χ0n) is 14.9. The van der Waals surface area contributed by atoms with Gasteiger partial charge in [0.1, 0.15) is 6.04 Å². The molecular weight excluding hydrogens is 352 g/mol. The van der Waals surface area contributed by atoms with Crippen LogP contribution in [0.2, 0.25) is 0 Å². The van der Waals surface area contributed by atoms with Gasteiger partial charge in [-0.05, 0) is 46.5 Å². The van der Waals surface area contributed by atoms with E-state index in [4.69, 9.17) is 4.42 Å². The number of aromatic nitrogens is 3. The molecule has 1 aliphatic rings. The normalized spacial score (nSPS) is 15.4. The van der Waals surface area contributed by atoms with E-state index >= 15 is 0 Å². The molecule has 0 spiro atoms. The van der Waals surface area contributed by atoms with Gasteiger partial charge in [-0.2, -0.15) is 0 Å². The number of amides is 1. The SMILES string of the molecule is O=C(c1cccnc1)N1Cc2cc(-c3cccnc3)ccc2C1c1cnco1. The fourth-order valence-corrected chi connectivity index (χ4v) is 3.68. The molecule has 6 heteroatoms. The van der Waals surface area contributed by atoms with E-state index in [0.717, 1.165) is 22.3 Å². The first-order chi connectivity index (χ1) is 13.8. The van der Waals surface area contributed by atoms with E-state index in [2.05, 4.69) is 33.2 Å². The summed E-state index contributed by atoms with van der Waals surface area (Å²) in [5.74, 6) is 0.554. The van der Waals surface area contributed by atoms with E-state index in [9.17, 15) is 4.79 Å². The van der Waals surface area contributed by atoms with Crippen LogP contribution in [0, 0.1) is 0 Å². The predicted molar refractivity (Wildman–Crippen MR) is 102 cm³/mol. The van der Waals surface area contributed by atoms with Crippen LogP contribution in [0.4, 0.5) is 0 Å². The van der Waals surface area contributed by atoms with E-state index < -0.39 is 0 Å². The molecule has 4 heterocycles. The molecule has 4 aromatic rings. The standard InChI is InChI=1S/C22H16N4O2/c27-22(17-4-2-8-24-11-17)26-13-18-9-15(16-3-1-7-23-10-16)5-6-19(18)21(26)20-12-25-14-28-20/h1-12,14,21H,13H2. The Bertz CT molecular complexity index is 1110. The summed E-state index contributed by atoms with van der Waals surface area (Å²) in [6, 6.07) is 13.4. The molecule has 0 radical (unpaired) electrons. The Balaban J connectivity index is 1.58. The Hall–Kier alpha value is -3.80. The molecular formula is C22H16N4O2. The molecule has 1 amide bonds. The van der Waals surface area contributed by atoms with Crippen molar-refractivity contribution in [3.05, 3.63) is 102 Å². The van der Waals surface area contributed by atoms with Gasteiger partial charge in [0.05, 0.1) is 11.8 Å². The number of hydrogen-bond acceptors (Lipinski definition) is 5. The fraction of sp³-hybridized carbons (Fsp3) is 0.0909. The molecule has 6 nitrogen and oxygen atoms in total. The van der Waals surface area contributed by atoms with Crippen molar-refractivity contribution in [2.24, 2.45) is 0 Å². The van der Waals surface area contributed by atoms with Gasteiger partial charge < -0.3 is 9.32 Å². The summed E-state index contributed by atoms with van der Waals surface area (Å²) >= 11 is 0. The van der Waals surface area contributed by atoms with Gasteiger partial charge in [0.15, 0.2) is 12.2 Å². The number of oxazole rings is 1. The molecule has 136 valence electrons. The van der Waals surface area contributed by atoms with Crippen LogP contribution in [-0.2, 0) is 6.54 Å². The Morgan fingerprint density at radius 2 is 1.82 bits per heavy atom. The van der Waals surface area contributed by atoms with Crippen LogP contribution in [0.3, 0.4) is 0 Å². The Morgan fingerprint density at radius 3 is 2.54 bits per heavy atom. The summed E-state index contributed by atoms with van der Waals surface area (Å²) in [7, 11) is 0. The molecule has 3 aromatic heterocycles. The van der Waals surface area contributed by atoms with Crippen LogP contribution in [0.15, 0.2) is 84.3 Å². The molecule has 1 unspecified atom stereocenters. The van der Waals surface area contributed by atoms with Gasteiger partial charge in [-0.25, -0.2) is 4.98 Å². The first-order valence-corrected chi connectivity index (χ1v) is 8.94. The number of nitrogens with zero attached hydrogens (tertiary/aromatic N) is 4. The Morgan fingerprint density at radius 1 is 0.964 bits per heavy atom. The third-order valence-corrected chi connectivity index (χ3v) is 4.98. The van der Waals surface area contributed by atoms with Crippen LogP contribution >= 0.6 is 0 Å². The number of carbonyl (C=O) groups is 1. The molecule has 0 saturated carbocycles. The first-order valence-electron chi connectivity index (χ1n) is 8.94. The van der Waals surface area contributed by atoms with Crippen LogP contribution in [-0.4, -0.2) is 25.8 Å². The second-order valence-corrected chi connectivity index (χ2v) is 6.64. The van der Waals surface area contributed by atoms with Gasteiger partial charge >= 0.3 is 0 Å². The summed E-state index contributed by atoms with van der Waals surface area (Å²) in [5.41, 5.74) is 4.78. The monoisotopic (exact) mass is 368 g/mol. The van der Waals surface area contributed by atoms with Gasteiger partial charge in [-0.15, -0.1) is 0 Å². The van der Waals surface area contributed by atoms with Crippen molar-refractivity contribution in [3.63, 3.8) is 0 Å². The van der Waals surface area contributed by atoms with Crippen molar-refractivity contribution < 1.29 is 9.21 Å². The molecule has 1 aliphatic heterocycles. The van der Waals surface area contributed by atoms with E-state index in [0.29, 0.717) is 17.9 Å². The first kappa shape index (κ1) is 16.4. The summed E-state index contributed by atoms with van der Waals surface area (Å²) in [6.45, 7) is 0.489. The van der Waals surface area contributed by atoms with Gasteiger partial charge in [0.2, 0.25) is 0 Å². The maximum absolute atomic E-state index is 13.2. The van der Waals surface area contributed by atoms with Crippen molar-refractivity contribution in [1.29, 1.82) is 0 Å². The maximum Gasteiger partial charge on any atom is 0.256 e. The maximum atomic E-state index is 13.2. The van der Waals surface area contributed by atoms with Crippen LogP contribution in [0.5, 0.6) is 0 Å². The quantitative estimate of drug-likeness (QED) is 0.549. The molecule has 0 aliphatic carbocycles. The highest BCUT2D eigenvalue weighted by Gasteiger charge is 2.37. The average Bonchev–Trinajstić information content (AvgIpc) is 3.41. The van der Waals surface area contributed by atoms with Crippen molar-refractivity contribution in [3.8, 4) is 11.1 Å². The molecule has 0 N–H and O–H groups in total. The fourth-order valence-electron chi connectivity index (χ4n) is 3.68. The highest BCUT2D eigenvalue weighted by Crippen LogP contribution is 2.40. The number of carbonyl (C=O) groups excluding carboxylic acids is 1. The van der Waals surface area contributed by atoms with Gasteiger partial charge in [-0.3, -0.25) is 14.8 Å². The van der Waals surface area contributed by atoms with Crippen LogP contribution < -0.4 is 0 Å². The lowest BCUT2D eigenvalue weighted by atomic mass is 9.98. The average molecular weight is 368 g/mol. The molecule has 0 fully saturated rings. The number of hydrogen-bond donors (Lipinski definition) is 0. The van der Waals surface area contributed by atoms with E-state index in [-0.39, 0.29) is 11.9 Å². The molecule has 1 atom stereocenters. The minimum absolute atomic E-state index is 0.0892. The van der Waals surface area contributed by atoms with Crippen molar-refractivity contribution in [2.45, 2.75) is 12.6 Å². The number of pyridine rings is 2. The van der Waals surface area contributed by atoms with E-state index in [1.807, 2.05) is 18.3 Å². The minimum atomic E-state index is -0.312. The van der Waals surface area contributed by atoms with E-state index in [1.165, 1.54) is 6.39 Å². The highest BCUT2D eigenvalue weighted by molar-refractivity contribution is 5.95. The topological polar surface area (TPSA) is 72.1 Å². The number of benzene rings is 1. The largest absolute Gasteiger partial charge is 0.446 e. The van der Waals surface area contributed by atoms with Crippen molar-refractivity contribution >= 4 is 5.91 Å². The van der Waals surface area contributed by atoms with E-state index in [1.54, 1.807) is 41.8 Å². The lowest BCUT2D eigenvalue weighted by Crippen LogP contribution is -2.30. The van der Waals surface area contributed by atoms with Crippen molar-refractivity contribution in [2.75, 3.05) is 0 Å². The van der Waals surface area contributed by atoms with Gasteiger partial charge in [-0.1, -0.05) is 18.2 Å². The van der Waals surface area contributed by atoms with Crippen molar-refractivity contribution in [1.82, 2.24) is 19.9 Å². The third-order valence-electron chi connectivity index (χ3n) is 4.98. The summed E-state index contributed by atoms with van der Waals surface area (Å²) < 4.78 is 5.57. The second kappa shape index (κ2) is 6.74. The second-order valence-electron chi connectivity index (χ2n) is 6.64. The Kier molecular flexibility index (Phi) is 3.94. The Labute approximate surface area is 161 Å². The number of fused-ring (bicyclic) bond motifs is 1. The highest BCUT2D eigenvalue weighted by atomic mass is 16.3. The lowest BCUT2D eigenvalue weighted by molar-refractivity contribution is 0.0703.